The van der Waals surface area contributed by atoms with Crippen molar-refractivity contribution >= 4 is 0 Å². The lowest BCUT2D eigenvalue weighted by Gasteiger charge is -2.53. The van der Waals surface area contributed by atoms with E-state index in [1.54, 1.807) is 0 Å². The Morgan fingerprint density at radius 3 is 2.88 bits per heavy atom. The Hall–Kier alpha value is -1.76. The van der Waals surface area contributed by atoms with Gasteiger partial charge in [0.1, 0.15) is 0 Å². The highest BCUT2D eigenvalue weighted by atomic mass is 16.5. The number of ether oxygens (including phenoxy) is 2. The van der Waals surface area contributed by atoms with Gasteiger partial charge < -0.3 is 9.47 Å². The molecule has 0 bridgehead atoms. The third-order valence-corrected chi connectivity index (χ3v) is 5.12. The minimum absolute atomic E-state index is 0.0120. The van der Waals surface area contributed by atoms with Gasteiger partial charge in [0, 0.05) is 63.4 Å². The molecule has 4 heterocycles. The highest BCUT2D eigenvalue weighted by molar-refractivity contribution is 5.10. The normalized spacial score (nSPS) is 22.8. The monoisotopic (exact) mass is 342 g/mol. The van der Waals surface area contributed by atoms with E-state index in [2.05, 4.69) is 28.1 Å². The van der Waals surface area contributed by atoms with Crippen molar-refractivity contribution in [3.8, 4) is 0 Å². The van der Waals surface area contributed by atoms with Crippen molar-refractivity contribution in [1.29, 1.82) is 0 Å². The lowest BCUT2D eigenvalue weighted by molar-refractivity contribution is -0.200. The summed E-state index contributed by atoms with van der Waals surface area (Å²) >= 11 is 0. The molecule has 0 radical (unpaired) electrons. The van der Waals surface area contributed by atoms with Gasteiger partial charge in [-0.05, 0) is 31.0 Å². The predicted molar refractivity (Wildman–Crippen MR) is 93.9 cm³/mol. The molecule has 2 aliphatic rings. The fourth-order valence-corrected chi connectivity index (χ4v) is 3.84. The summed E-state index contributed by atoms with van der Waals surface area (Å²) in [6, 6.07) is 4.02. The molecule has 0 aliphatic carbocycles. The first-order valence-corrected chi connectivity index (χ1v) is 9.13. The first-order chi connectivity index (χ1) is 12.2. The minimum atomic E-state index is -0.0120. The topological polar surface area (TPSA) is 52.4 Å². The summed E-state index contributed by atoms with van der Waals surface area (Å²) in [5.41, 5.74) is 2.44. The highest BCUT2D eigenvalue weighted by Gasteiger charge is 2.47. The van der Waals surface area contributed by atoms with Crippen molar-refractivity contribution in [1.82, 2.24) is 19.7 Å². The van der Waals surface area contributed by atoms with Crippen molar-refractivity contribution in [2.45, 2.75) is 51.2 Å². The summed E-state index contributed by atoms with van der Waals surface area (Å²) in [5.74, 6) is 0. The molecule has 0 saturated carbocycles. The Morgan fingerprint density at radius 1 is 1.28 bits per heavy atom. The zero-order valence-electron chi connectivity index (χ0n) is 14.8. The summed E-state index contributed by atoms with van der Waals surface area (Å²) in [6.07, 6.45) is 9.98. The number of aromatic nitrogens is 3. The molecular formula is C19H26N4O2. The quantitative estimate of drug-likeness (QED) is 0.806. The maximum atomic E-state index is 6.13. The fourth-order valence-electron chi connectivity index (χ4n) is 3.84. The number of hydrogen-bond acceptors (Lipinski definition) is 5. The molecule has 6 nitrogen and oxygen atoms in total. The largest absolute Gasteiger partial charge is 0.373 e. The van der Waals surface area contributed by atoms with E-state index in [0.717, 1.165) is 45.6 Å². The second-order valence-corrected chi connectivity index (χ2v) is 7.16. The van der Waals surface area contributed by atoms with E-state index in [0.29, 0.717) is 6.61 Å². The highest BCUT2D eigenvalue weighted by Crippen LogP contribution is 2.36. The molecule has 1 spiro atoms. The van der Waals surface area contributed by atoms with Crippen LogP contribution in [-0.4, -0.2) is 51.1 Å². The fraction of sp³-hybridized carbons (Fsp3) is 0.579. The van der Waals surface area contributed by atoms with Gasteiger partial charge >= 0.3 is 0 Å². The first kappa shape index (κ1) is 16.7. The molecule has 2 fully saturated rings. The molecule has 2 aliphatic heterocycles. The number of likely N-dealkylation sites (tertiary alicyclic amines) is 1. The smallest absolute Gasteiger partial charge is 0.0959 e. The van der Waals surface area contributed by atoms with E-state index < -0.39 is 0 Å². The molecule has 2 aromatic rings. The van der Waals surface area contributed by atoms with Gasteiger partial charge in [-0.2, -0.15) is 5.10 Å². The average Bonchev–Trinajstić information content (AvgIpc) is 3.08. The molecule has 0 N–H and O–H groups in total. The Morgan fingerprint density at radius 2 is 2.12 bits per heavy atom. The Balaban J connectivity index is 1.26. The van der Waals surface area contributed by atoms with Crippen molar-refractivity contribution in [2.75, 3.05) is 19.7 Å². The van der Waals surface area contributed by atoms with Gasteiger partial charge in [0.2, 0.25) is 0 Å². The molecule has 25 heavy (non-hydrogen) atoms. The van der Waals surface area contributed by atoms with Gasteiger partial charge in [-0.1, -0.05) is 0 Å². The maximum absolute atomic E-state index is 6.13. The van der Waals surface area contributed by atoms with Gasteiger partial charge in [-0.25, -0.2) is 0 Å². The summed E-state index contributed by atoms with van der Waals surface area (Å²) in [7, 11) is 0. The van der Waals surface area contributed by atoms with E-state index in [-0.39, 0.29) is 11.7 Å². The van der Waals surface area contributed by atoms with Crippen LogP contribution in [0.5, 0.6) is 0 Å². The average molecular weight is 342 g/mol. The van der Waals surface area contributed by atoms with E-state index in [1.807, 2.05) is 35.4 Å². The second-order valence-electron chi connectivity index (χ2n) is 7.16. The van der Waals surface area contributed by atoms with Crippen LogP contribution in [0.4, 0.5) is 0 Å². The van der Waals surface area contributed by atoms with Crippen LogP contribution < -0.4 is 0 Å². The molecule has 134 valence electrons. The molecule has 0 aromatic carbocycles. The van der Waals surface area contributed by atoms with E-state index in [4.69, 9.17) is 9.47 Å². The molecule has 2 aromatic heterocycles. The maximum Gasteiger partial charge on any atom is 0.0959 e. The SMILES string of the molecule is CCn1cc(CN2CC3(C[C@@H](OCc4ccncc4)CCO3)C2)cn1. The zero-order chi connectivity index (χ0) is 17.1. The number of pyridine rings is 1. The van der Waals surface area contributed by atoms with E-state index in [1.165, 1.54) is 11.1 Å². The third-order valence-electron chi connectivity index (χ3n) is 5.12. The Bertz CT molecular complexity index is 682. The number of nitrogens with zero attached hydrogens (tertiary/aromatic N) is 4. The Labute approximate surface area is 148 Å². The van der Waals surface area contributed by atoms with Gasteiger partial charge in [-0.3, -0.25) is 14.6 Å². The molecule has 6 heteroatoms. The lowest BCUT2D eigenvalue weighted by atomic mass is 9.84. The number of rotatable bonds is 6. The summed E-state index contributed by atoms with van der Waals surface area (Å²) < 4.78 is 14.2. The van der Waals surface area contributed by atoms with Crippen molar-refractivity contribution in [2.24, 2.45) is 0 Å². The van der Waals surface area contributed by atoms with Crippen LogP contribution in [0.1, 0.15) is 30.9 Å². The lowest BCUT2D eigenvalue weighted by Crippen LogP contribution is -2.65. The van der Waals surface area contributed by atoms with E-state index >= 15 is 0 Å². The molecule has 2 saturated heterocycles. The Kier molecular flexibility index (Phi) is 4.83. The zero-order valence-corrected chi connectivity index (χ0v) is 14.8. The van der Waals surface area contributed by atoms with Crippen molar-refractivity contribution in [3.05, 3.63) is 48.0 Å². The second kappa shape index (κ2) is 7.23. The van der Waals surface area contributed by atoms with Gasteiger partial charge in [0.15, 0.2) is 0 Å². The summed E-state index contributed by atoms with van der Waals surface area (Å²) in [5, 5.41) is 4.35. The minimum Gasteiger partial charge on any atom is -0.373 e. The van der Waals surface area contributed by atoms with Crippen LogP contribution in [0.25, 0.3) is 0 Å². The number of hydrogen-bond donors (Lipinski definition) is 0. The van der Waals surface area contributed by atoms with Gasteiger partial charge in [0.25, 0.3) is 0 Å². The third kappa shape index (κ3) is 3.92. The van der Waals surface area contributed by atoms with Crippen LogP contribution in [0, 0.1) is 0 Å². The van der Waals surface area contributed by atoms with Crippen molar-refractivity contribution < 1.29 is 9.47 Å². The standard InChI is InChI=1S/C19H26N4O2/c1-2-23-12-17(10-21-23)11-22-14-19(15-22)9-18(5-8-25-19)24-13-16-3-6-20-7-4-16/h3-4,6-7,10,12,18H,2,5,8-9,11,13-15H2,1H3/t18-/m0/s1. The van der Waals surface area contributed by atoms with E-state index in [9.17, 15) is 0 Å². The van der Waals surface area contributed by atoms with Crippen LogP contribution in [0.3, 0.4) is 0 Å². The molecular weight excluding hydrogens is 316 g/mol. The number of aryl methyl sites for hydroxylation is 1. The molecule has 4 rings (SSSR count). The first-order valence-electron chi connectivity index (χ1n) is 9.13. The molecule has 0 unspecified atom stereocenters. The summed E-state index contributed by atoms with van der Waals surface area (Å²) in [4.78, 5) is 6.48. The van der Waals surface area contributed by atoms with Gasteiger partial charge in [0.05, 0.1) is 24.5 Å². The molecule has 1 atom stereocenters. The predicted octanol–water partition coefficient (Wildman–Crippen LogP) is 2.25. The van der Waals surface area contributed by atoms with Crippen LogP contribution in [-0.2, 0) is 29.2 Å². The van der Waals surface area contributed by atoms with Crippen LogP contribution >= 0.6 is 0 Å². The van der Waals surface area contributed by atoms with Crippen molar-refractivity contribution in [3.63, 3.8) is 0 Å². The van der Waals surface area contributed by atoms with Gasteiger partial charge in [-0.15, -0.1) is 0 Å². The van der Waals surface area contributed by atoms with Crippen LogP contribution in [0.2, 0.25) is 0 Å². The molecule has 0 amide bonds. The van der Waals surface area contributed by atoms with Crippen LogP contribution in [0.15, 0.2) is 36.9 Å². The summed E-state index contributed by atoms with van der Waals surface area (Å²) in [6.45, 7) is 7.40.